The Bertz CT molecular complexity index is 127. The zero-order chi connectivity index (χ0) is 9.23. The number of allylic oxidation sites excluding steroid dienone is 2. The topological polar surface area (TPSA) is 17.1 Å². The minimum atomic E-state index is 0.256. The van der Waals surface area contributed by atoms with E-state index in [1.54, 1.807) is 0 Å². The molecule has 0 spiro atoms. The number of hydrogen-bond donors (Lipinski definition) is 0. The third-order valence-corrected chi connectivity index (χ3v) is 2.00. The molecule has 1 unspecified atom stereocenters. The van der Waals surface area contributed by atoms with Crippen LogP contribution in [0.25, 0.3) is 0 Å². The van der Waals surface area contributed by atoms with Crippen LogP contribution in [0.5, 0.6) is 0 Å². The standard InChI is InChI=1S/C11H20O/c1-3-4-5-6-7-8-9-11(2)10-12/h3-4,10-11H,5-9H2,1-2H3/b4-3+. The Morgan fingerprint density at radius 1 is 1.25 bits per heavy atom. The van der Waals surface area contributed by atoms with Gasteiger partial charge in [-0.25, -0.2) is 0 Å². The zero-order valence-electron chi connectivity index (χ0n) is 8.25. The Morgan fingerprint density at radius 2 is 2.00 bits per heavy atom. The van der Waals surface area contributed by atoms with E-state index in [4.69, 9.17) is 0 Å². The Morgan fingerprint density at radius 3 is 2.58 bits per heavy atom. The molecule has 1 atom stereocenters. The van der Waals surface area contributed by atoms with E-state index in [0.29, 0.717) is 0 Å². The fourth-order valence-electron chi connectivity index (χ4n) is 1.14. The maximum absolute atomic E-state index is 10.3. The Labute approximate surface area is 75.9 Å². The number of carbonyl (C=O) groups excluding carboxylic acids is 1. The van der Waals surface area contributed by atoms with Crippen molar-refractivity contribution in [1.82, 2.24) is 0 Å². The first-order valence-electron chi connectivity index (χ1n) is 4.87. The molecule has 0 radical (unpaired) electrons. The molecular formula is C11H20O. The summed E-state index contributed by atoms with van der Waals surface area (Å²) in [4.78, 5) is 10.3. The smallest absolute Gasteiger partial charge is 0.122 e. The van der Waals surface area contributed by atoms with Crippen LogP contribution < -0.4 is 0 Å². The summed E-state index contributed by atoms with van der Waals surface area (Å²) in [7, 11) is 0. The van der Waals surface area contributed by atoms with Gasteiger partial charge in [-0.2, -0.15) is 0 Å². The van der Waals surface area contributed by atoms with Crippen molar-refractivity contribution in [2.75, 3.05) is 0 Å². The Balaban J connectivity index is 3.05. The second-order valence-corrected chi connectivity index (χ2v) is 3.32. The van der Waals surface area contributed by atoms with Crippen molar-refractivity contribution < 1.29 is 4.79 Å². The van der Waals surface area contributed by atoms with Crippen LogP contribution in [-0.2, 0) is 4.79 Å². The molecule has 0 saturated carbocycles. The lowest BCUT2D eigenvalue weighted by Gasteiger charge is -2.01. The van der Waals surface area contributed by atoms with E-state index in [0.717, 1.165) is 12.7 Å². The van der Waals surface area contributed by atoms with E-state index in [9.17, 15) is 4.79 Å². The van der Waals surface area contributed by atoms with Gasteiger partial charge in [-0.3, -0.25) is 0 Å². The van der Waals surface area contributed by atoms with Gasteiger partial charge in [0.15, 0.2) is 0 Å². The highest BCUT2D eigenvalue weighted by Crippen LogP contribution is 2.08. The van der Waals surface area contributed by atoms with Gasteiger partial charge in [-0.1, -0.05) is 31.9 Å². The molecular weight excluding hydrogens is 148 g/mol. The third kappa shape index (κ3) is 7.52. The summed E-state index contributed by atoms with van der Waals surface area (Å²) < 4.78 is 0. The van der Waals surface area contributed by atoms with Crippen LogP contribution in [-0.4, -0.2) is 6.29 Å². The molecule has 0 aliphatic heterocycles. The number of aldehydes is 1. The lowest BCUT2D eigenvalue weighted by atomic mass is 10.0. The van der Waals surface area contributed by atoms with Crippen molar-refractivity contribution in [1.29, 1.82) is 0 Å². The van der Waals surface area contributed by atoms with Gasteiger partial charge in [0, 0.05) is 5.92 Å². The molecule has 0 aromatic heterocycles. The molecule has 1 nitrogen and oxygen atoms in total. The molecule has 1 heteroatoms. The molecule has 70 valence electrons. The Hall–Kier alpha value is -0.590. The molecule has 0 fully saturated rings. The number of hydrogen-bond acceptors (Lipinski definition) is 1. The van der Waals surface area contributed by atoms with Crippen molar-refractivity contribution in [2.45, 2.75) is 46.0 Å². The normalized spacial score (nSPS) is 13.5. The minimum Gasteiger partial charge on any atom is -0.303 e. The largest absolute Gasteiger partial charge is 0.303 e. The van der Waals surface area contributed by atoms with E-state index in [1.165, 1.54) is 25.7 Å². The van der Waals surface area contributed by atoms with Crippen molar-refractivity contribution >= 4 is 6.29 Å². The molecule has 0 bridgehead atoms. The molecule has 0 heterocycles. The zero-order valence-corrected chi connectivity index (χ0v) is 8.25. The summed E-state index contributed by atoms with van der Waals surface area (Å²) in [5.74, 6) is 0.256. The van der Waals surface area contributed by atoms with Crippen LogP contribution in [0.2, 0.25) is 0 Å². The quantitative estimate of drug-likeness (QED) is 0.324. The molecule has 12 heavy (non-hydrogen) atoms. The number of carbonyl (C=O) groups is 1. The lowest BCUT2D eigenvalue weighted by Crippen LogP contribution is -1.94. The molecule has 0 aromatic rings. The summed E-state index contributed by atoms with van der Waals surface area (Å²) >= 11 is 0. The summed E-state index contributed by atoms with van der Waals surface area (Å²) in [5, 5.41) is 0. The average Bonchev–Trinajstić information content (AvgIpc) is 2.10. The van der Waals surface area contributed by atoms with E-state index in [2.05, 4.69) is 19.1 Å². The molecule has 0 aliphatic rings. The maximum Gasteiger partial charge on any atom is 0.122 e. The first-order chi connectivity index (χ1) is 5.81. The van der Waals surface area contributed by atoms with E-state index < -0.39 is 0 Å². The van der Waals surface area contributed by atoms with E-state index in [-0.39, 0.29) is 5.92 Å². The van der Waals surface area contributed by atoms with Gasteiger partial charge in [-0.05, 0) is 26.2 Å². The SMILES string of the molecule is C/C=C/CCCCCC(C)C=O. The maximum atomic E-state index is 10.3. The third-order valence-electron chi connectivity index (χ3n) is 2.00. The fraction of sp³-hybridized carbons (Fsp3) is 0.727. The van der Waals surface area contributed by atoms with Crippen LogP contribution >= 0.6 is 0 Å². The highest BCUT2D eigenvalue weighted by Gasteiger charge is 1.97. The summed E-state index contributed by atoms with van der Waals surface area (Å²) in [6, 6.07) is 0. The highest BCUT2D eigenvalue weighted by molar-refractivity contribution is 5.52. The van der Waals surface area contributed by atoms with Gasteiger partial charge in [0.2, 0.25) is 0 Å². The average molecular weight is 168 g/mol. The minimum absolute atomic E-state index is 0.256. The van der Waals surface area contributed by atoms with Gasteiger partial charge in [0.05, 0.1) is 0 Å². The first-order valence-corrected chi connectivity index (χ1v) is 4.87. The number of rotatable bonds is 7. The Kier molecular flexibility index (Phi) is 8.09. The van der Waals surface area contributed by atoms with Crippen LogP contribution in [0.3, 0.4) is 0 Å². The van der Waals surface area contributed by atoms with Crippen molar-refractivity contribution in [3.05, 3.63) is 12.2 Å². The number of unbranched alkanes of at least 4 members (excludes halogenated alkanes) is 3. The summed E-state index contributed by atoms with van der Waals surface area (Å²) in [6.07, 6.45) is 11.3. The second-order valence-electron chi connectivity index (χ2n) is 3.32. The van der Waals surface area contributed by atoms with E-state index in [1.807, 2.05) is 6.92 Å². The van der Waals surface area contributed by atoms with Crippen LogP contribution in [0.4, 0.5) is 0 Å². The van der Waals surface area contributed by atoms with Gasteiger partial charge in [0.1, 0.15) is 6.29 Å². The molecule has 0 N–H and O–H groups in total. The van der Waals surface area contributed by atoms with Gasteiger partial charge < -0.3 is 4.79 Å². The van der Waals surface area contributed by atoms with Crippen LogP contribution in [0.1, 0.15) is 46.0 Å². The van der Waals surface area contributed by atoms with Crippen molar-refractivity contribution in [3.8, 4) is 0 Å². The molecule has 0 rings (SSSR count). The van der Waals surface area contributed by atoms with Crippen molar-refractivity contribution in [2.24, 2.45) is 5.92 Å². The second kappa shape index (κ2) is 8.51. The summed E-state index contributed by atoms with van der Waals surface area (Å²) in [6.45, 7) is 4.04. The van der Waals surface area contributed by atoms with Gasteiger partial charge in [0.25, 0.3) is 0 Å². The first kappa shape index (κ1) is 11.4. The van der Waals surface area contributed by atoms with Gasteiger partial charge >= 0.3 is 0 Å². The van der Waals surface area contributed by atoms with Crippen molar-refractivity contribution in [3.63, 3.8) is 0 Å². The van der Waals surface area contributed by atoms with Crippen LogP contribution in [0, 0.1) is 5.92 Å². The molecule has 0 saturated heterocycles. The molecule has 0 amide bonds. The predicted molar refractivity (Wildman–Crippen MR) is 53.1 cm³/mol. The lowest BCUT2D eigenvalue weighted by molar-refractivity contribution is -0.110. The van der Waals surface area contributed by atoms with E-state index >= 15 is 0 Å². The molecule has 0 aromatic carbocycles. The molecule has 0 aliphatic carbocycles. The van der Waals surface area contributed by atoms with Gasteiger partial charge in [-0.15, -0.1) is 0 Å². The monoisotopic (exact) mass is 168 g/mol. The van der Waals surface area contributed by atoms with Crippen LogP contribution in [0.15, 0.2) is 12.2 Å². The highest BCUT2D eigenvalue weighted by atomic mass is 16.1. The fourth-order valence-corrected chi connectivity index (χ4v) is 1.14. The summed E-state index contributed by atoms with van der Waals surface area (Å²) in [5.41, 5.74) is 0. The predicted octanol–water partition coefficient (Wildman–Crippen LogP) is 3.35.